The molecule has 3 atom stereocenters. The minimum atomic E-state index is -5.87. The number of hydrogen-bond donors (Lipinski definition) is 0. The molecular weight excluding hydrogens is 469 g/mol. The second-order valence-electron chi connectivity index (χ2n) is 9.64. The highest BCUT2D eigenvalue weighted by molar-refractivity contribution is 5.77. The molecule has 1 spiro atoms. The van der Waals surface area contributed by atoms with E-state index in [0.29, 0.717) is 26.2 Å². The number of halogens is 7. The highest BCUT2D eigenvalue weighted by atomic mass is 19.4. The van der Waals surface area contributed by atoms with Gasteiger partial charge in [0, 0.05) is 18.8 Å². The van der Waals surface area contributed by atoms with Crippen LogP contribution in [0, 0.1) is 17.8 Å². The third-order valence-electron chi connectivity index (χ3n) is 7.00. The minimum Gasteiger partial charge on any atom is -0.463 e. The fourth-order valence-electron chi connectivity index (χ4n) is 5.85. The molecule has 0 aromatic heterocycles. The first kappa shape index (κ1) is 24.5. The first-order chi connectivity index (χ1) is 15.1. The van der Waals surface area contributed by atoms with E-state index in [2.05, 4.69) is 4.74 Å². The molecular formula is C20H23F7O6. The van der Waals surface area contributed by atoms with Gasteiger partial charge in [-0.2, -0.15) is 30.7 Å². The van der Waals surface area contributed by atoms with Crippen molar-refractivity contribution in [1.29, 1.82) is 0 Å². The van der Waals surface area contributed by atoms with Crippen LogP contribution in [-0.4, -0.2) is 60.7 Å². The summed E-state index contributed by atoms with van der Waals surface area (Å²) in [5, 5.41) is 0. The lowest BCUT2D eigenvalue weighted by atomic mass is 9.51. The molecule has 0 amide bonds. The molecule has 6 nitrogen and oxygen atoms in total. The highest BCUT2D eigenvalue weighted by Gasteiger charge is 2.68. The van der Waals surface area contributed by atoms with Crippen LogP contribution in [0.15, 0.2) is 0 Å². The smallest absolute Gasteiger partial charge is 0.453 e. The Hall–Kier alpha value is -1.63. The molecule has 5 rings (SSSR count). The van der Waals surface area contributed by atoms with E-state index in [0.717, 1.165) is 0 Å². The molecule has 0 aromatic rings. The average molecular weight is 492 g/mol. The molecule has 0 radical (unpaired) electrons. The fraction of sp³-hybridized carbons (Fsp3) is 0.900. The molecule has 3 unspecified atom stereocenters. The maximum absolute atomic E-state index is 13.4. The third-order valence-corrected chi connectivity index (χ3v) is 7.00. The molecule has 5 fully saturated rings. The summed E-state index contributed by atoms with van der Waals surface area (Å²) in [4.78, 5) is 23.3. The van der Waals surface area contributed by atoms with Crippen molar-refractivity contribution in [3.8, 4) is 0 Å². The lowest BCUT2D eigenvalue weighted by molar-refractivity contribution is -0.322. The molecule has 188 valence electrons. The van der Waals surface area contributed by atoms with Crippen molar-refractivity contribution in [2.24, 2.45) is 17.8 Å². The molecule has 5 aliphatic rings. The van der Waals surface area contributed by atoms with E-state index in [1.165, 1.54) is 0 Å². The Kier molecular flexibility index (Phi) is 5.71. The summed E-state index contributed by atoms with van der Waals surface area (Å²) in [5.41, 5.74) is -1.04. The Bertz CT molecular complexity index is 792. The monoisotopic (exact) mass is 492 g/mol. The normalized spacial score (nSPS) is 38.1. The van der Waals surface area contributed by atoms with Gasteiger partial charge in [-0.1, -0.05) is 0 Å². The zero-order valence-corrected chi connectivity index (χ0v) is 17.6. The van der Waals surface area contributed by atoms with Gasteiger partial charge in [0.05, 0.1) is 6.61 Å². The number of rotatable bonds is 6. The van der Waals surface area contributed by atoms with Crippen LogP contribution in [0.4, 0.5) is 30.7 Å². The molecule has 4 saturated carbocycles. The lowest BCUT2D eigenvalue weighted by Gasteiger charge is -2.62. The lowest BCUT2D eigenvalue weighted by Crippen LogP contribution is -2.65. The van der Waals surface area contributed by atoms with Gasteiger partial charge in [0.1, 0.15) is 24.7 Å². The molecule has 4 bridgehead atoms. The first-order valence-electron chi connectivity index (χ1n) is 10.6. The fourth-order valence-corrected chi connectivity index (χ4v) is 5.85. The predicted molar refractivity (Wildman–Crippen MR) is 93.1 cm³/mol. The Morgan fingerprint density at radius 1 is 1.00 bits per heavy atom. The Morgan fingerprint density at radius 2 is 1.61 bits per heavy atom. The number of carbonyl (C=O) groups excluding carboxylic acids is 2. The Balaban J connectivity index is 1.36. The highest BCUT2D eigenvalue weighted by Crippen LogP contribution is 2.64. The van der Waals surface area contributed by atoms with Crippen molar-refractivity contribution in [1.82, 2.24) is 0 Å². The number of esters is 2. The average Bonchev–Trinajstić information content (AvgIpc) is 3.07. The molecule has 13 heteroatoms. The van der Waals surface area contributed by atoms with E-state index in [9.17, 15) is 40.3 Å². The molecule has 1 aliphatic heterocycles. The molecule has 33 heavy (non-hydrogen) atoms. The zero-order valence-electron chi connectivity index (χ0n) is 17.6. The SMILES string of the molecule is CC(F)(F)C(=O)OC12CC3CC(C1)C1(OCC(COC(=O)CC(F)(F)C(F)(F)F)O1)C(C3)C2. The van der Waals surface area contributed by atoms with E-state index in [4.69, 9.17) is 14.2 Å². The summed E-state index contributed by atoms with van der Waals surface area (Å²) in [6.45, 7) is -0.184. The quantitative estimate of drug-likeness (QED) is 0.413. The number of ether oxygens (including phenoxy) is 4. The van der Waals surface area contributed by atoms with Crippen molar-refractivity contribution >= 4 is 11.9 Å². The third kappa shape index (κ3) is 4.42. The van der Waals surface area contributed by atoms with Crippen LogP contribution in [0.5, 0.6) is 0 Å². The maximum Gasteiger partial charge on any atom is 0.453 e. The Labute approximate surface area is 184 Å². The van der Waals surface area contributed by atoms with Gasteiger partial charge < -0.3 is 18.9 Å². The van der Waals surface area contributed by atoms with Crippen molar-refractivity contribution in [2.75, 3.05) is 13.2 Å². The first-order valence-corrected chi connectivity index (χ1v) is 10.6. The number of hydrogen-bond acceptors (Lipinski definition) is 6. The summed E-state index contributed by atoms with van der Waals surface area (Å²) >= 11 is 0. The van der Waals surface area contributed by atoms with Crippen molar-refractivity contribution in [3.05, 3.63) is 0 Å². The van der Waals surface area contributed by atoms with Crippen LogP contribution in [0.2, 0.25) is 0 Å². The standard InChI is InChI=1S/C20H23F7O6/c1-16(21,22)15(29)33-17-4-10-2-11(5-17)19(12(3-10)6-17)31-9-13(32-19)8-30-14(28)7-18(23,24)20(25,26)27/h10-13H,2-9H2,1H3. The van der Waals surface area contributed by atoms with Crippen LogP contribution in [0.3, 0.4) is 0 Å². The summed E-state index contributed by atoms with van der Waals surface area (Å²) < 4.78 is 111. The number of carbonyl (C=O) groups is 2. The van der Waals surface area contributed by atoms with Crippen LogP contribution < -0.4 is 0 Å². The minimum absolute atomic E-state index is 0.0829. The second kappa shape index (κ2) is 7.69. The summed E-state index contributed by atoms with van der Waals surface area (Å²) in [6, 6.07) is 0. The van der Waals surface area contributed by atoms with Gasteiger partial charge in [0.25, 0.3) is 0 Å². The van der Waals surface area contributed by atoms with Gasteiger partial charge in [0.15, 0.2) is 5.79 Å². The van der Waals surface area contributed by atoms with Gasteiger partial charge in [-0.3, -0.25) is 4.79 Å². The van der Waals surface area contributed by atoms with E-state index in [1.807, 2.05) is 0 Å². The van der Waals surface area contributed by atoms with Gasteiger partial charge in [-0.15, -0.1) is 0 Å². The van der Waals surface area contributed by atoms with Crippen molar-refractivity contribution in [2.45, 2.75) is 81.0 Å². The van der Waals surface area contributed by atoms with Crippen LogP contribution in [0.1, 0.15) is 45.4 Å². The van der Waals surface area contributed by atoms with E-state index in [-0.39, 0.29) is 37.2 Å². The summed E-state index contributed by atoms with van der Waals surface area (Å²) in [5.74, 6) is -13.7. The topological polar surface area (TPSA) is 71.1 Å². The second-order valence-corrected chi connectivity index (χ2v) is 9.64. The van der Waals surface area contributed by atoms with Gasteiger partial charge in [-0.05, 0) is 38.0 Å². The van der Waals surface area contributed by atoms with E-state index in [1.54, 1.807) is 0 Å². The molecule has 1 saturated heterocycles. The largest absolute Gasteiger partial charge is 0.463 e. The molecule has 4 aliphatic carbocycles. The summed E-state index contributed by atoms with van der Waals surface area (Å²) in [6.07, 6.45) is -6.66. The number of alkyl halides is 7. The van der Waals surface area contributed by atoms with E-state index >= 15 is 0 Å². The van der Waals surface area contributed by atoms with Crippen molar-refractivity contribution in [3.63, 3.8) is 0 Å². The van der Waals surface area contributed by atoms with Crippen molar-refractivity contribution < 1.29 is 59.3 Å². The predicted octanol–water partition coefficient (Wildman–Crippen LogP) is 4.01. The Morgan fingerprint density at radius 3 is 2.15 bits per heavy atom. The molecule has 1 heterocycles. The van der Waals surface area contributed by atoms with Crippen LogP contribution >= 0.6 is 0 Å². The van der Waals surface area contributed by atoms with Crippen LogP contribution in [0.25, 0.3) is 0 Å². The van der Waals surface area contributed by atoms with Gasteiger partial charge in [-0.25, -0.2) is 4.79 Å². The maximum atomic E-state index is 13.4. The summed E-state index contributed by atoms with van der Waals surface area (Å²) in [7, 11) is 0. The van der Waals surface area contributed by atoms with E-state index < -0.39 is 60.5 Å². The van der Waals surface area contributed by atoms with Crippen LogP contribution in [-0.2, 0) is 28.5 Å². The zero-order chi connectivity index (χ0) is 24.4. The molecule has 0 aromatic carbocycles. The van der Waals surface area contributed by atoms with Gasteiger partial charge >= 0.3 is 30.0 Å². The molecule has 0 N–H and O–H groups in total. The van der Waals surface area contributed by atoms with Gasteiger partial charge in [0.2, 0.25) is 0 Å².